The number of amides is 2. The molecule has 2 amide bonds. The fraction of sp³-hybridized carbons (Fsp3) is 0.846. The van der Waals surface area contributed by atoms with Crippen molar-refractivity contribution in [3.8, 4) is 0 Å². The Bertz CT molecular complexity index is 332. The first-order chi connectivity index (χ1) is 9.24. The van der Waals surface area contributed by atoms with E-state index in [0.717, 1.165) is 32.1 Å². The average Bonchev–Trinajstić information content (AvgIpc) is 3.09. The third-order valence-corrected chi connectivity index (χ3v) is 4.86. The van der Waals surface area contributed by atoms with E-state index in [0.29, 0.717) is 24.7 Å². The van der Waals surface area contributed by atoms with Gasteiger partial charge in [0.05, 0.1) is 5.88 Å². The van der Waals surface area contributed by atoms with Crippen LogP contribution in [-0.4, -0.2) is 47.5 Å². The van der Waals surface area contributed by atoms with E-state index in [-0.39, 0.29) is 23.8 Å². The first-order valence-electron chi connectivity index (χ1n) is 7.10. The van der Waals surface area contributed by atoms with Crippen molar-refractivity contribution in [2.45, 2.75) is 38.1 Å². The maximum absolute atomic E-state index is 12.4. The van der Waals surface area contributed by atoms with Gasteiger partial charge in [-0.05, 0) is 25.8 Å². The zero-order valence-electron chi connectivity index (χ0n) is 11.3. The molecule has 2 rings (SSSR count). The SMILES string of the molecule is NCCCNC(=O)C1CSCN1C(=O)C1CCCC1. The fourth-order valence-electron chi connectivity index (χ4n) is 2.72. The predicted molar refractivity (Wildman–Crippen MR) is 76.6 cm³/mol. The van der Waals surface area contributed by atoms with Gasteiger partial charge < -0.3 is 16.0 Å². The van der Waals surface area contributed by atoms with Gasteiger partial charge in [-0.25, -0.2) is 0 Å². The minimum Gasteiger partial charge on any atom is -0.354 e. The largest absolute Gasteiger partial charge is 0.354 e. The Morgan fingerprint density at radius 1 is 1.32 bits per heavy atom. The highest BCUT2D eigenvalue weighted by atomic mass is 32.2. The third kappa shape index (κ3) is 3.63. The minimum absolute atomic E-state index is 0.0233. The summed E-state index contributed by atoms with van der Waals surface area (Å²) in [4.78, 5) is 26.3. The summed E-state index contributed by atoms with van der Waals surface area (Å²) < 4.78 is 0. The summed E-state index contributed by atoms with van der Waals surface area (Å²) in [6.07, 6.45) is 5.04. The Morgan fingerprint density at radius 3 is 2.74 bits per heavy atom. The van der Waals surface area contributed by atoms with Gasteiger partial charge in [-0.1, -0.05) is 12.8 Å². The lowest BCUT2D eigenvalue weighted by Crippen LogP contribution is -2.49. The van der Waals surface area contributed by atoms with Crippen molar-refractivity contribution in [1.29, 1.82) is 0 Å². The number of carbonyl (C=O) groups is 2. The van der Waals surface area contributed by atoms with Gasteiger partial charge in [-0.2, -0.15) is 0 Å². The fourth-order valence-corrected chi connectivity index (χ4v) is 3.88. The van der Waals surface area contributed by atoms with Gasteiger partial charge in [0.2, 0.25) is 11.8 Å². The Hall–Kier alpha value is -0.750. The van der Waals surface area contributed by atoms with E-state index in [1.807, 2.05) is 0 Å². The van der Waals surface area contributed by atoms with Crippen LogP contribution in [0.4, 0.5) is 0 Å². The summed E-state index contributed by atoms with van der Waals surface area (Å²) in [7, 11) is 0. The van der Waals surface area contributed by atoms with Gasteiger partial charge in [0, 0.05) is 18.2 Å². The van der Waals surface area contributed by atoms with E-state index < -0.39 is 0 Å². The summed E-state index contributed by atoms with van der Waals surface area (Å²) >= 11 is 1.66. The highest BCUT2D eigenvalue weighted by Gasteiger charge is 2.37. The molecule has 1 saturated heterocycles. The standard InChI is InChI=1S/C13H23N3O2S/c14-6-3-7-15-12(17)11-8-19-9-16(11)13(18)10-4-1-2-5-10/h10-11H,1-9,14H2,(H,15,17). The van der Waals surface area contributed by atoms with Gasteiger partial charge in [-0.3, -0.25) is 9.59 Å². The molecule has 1 atom stereocenters. The van der Waals surface area contributed by atoms with E-state index in [9.17, 15) is 9.59 Å². The van der Waals surface area contributed by atoms with Gasteiger partial charge in [-0.15, -0.1) is 11.8 Å². The summed E-state index contributed by atoms with van der Waals surface area (Å²) in [5, 5.41) is 2.87. The van der Waals surface area contributed by atoms with Crippen molar-refractivity contribution in [2.75, 3.05) is 24.7 Å². The monoisotopic (exact) mass is 285 g/mol. The van der Waals surface area contributed by atoms with Crippen LogP contribution in [0.5, 0.6) is 0 Å². The van der Waals surface area contributed by atoms with Crippen molar-refractivity contribution in [3.63, 3.8) is 0 Å². The van der Waals surface area contributed by atoms with Crippen LogP contribution < -0.4 is 11.1 Å². The van der Waals surface area contributed by atoms with Gasteiger partial charge in [0.1, 0.15) is 6.04 Å². The summed E-state index contributed by atoms with van der Waals surface area (Å²) in [6, 6.07) is -0.282. The topological polar surface area (TPSA) is 75.4 Å². The molecule has 2 fully saturated rings. The van der Waals surface area contributed by atoms with Gasteiger partial charge in [0.15, 0.2) is 0 Å². The number of carbonyl (C=O) groups excluding carboxylic acids is 2. The molecule has 19 heavy (non-hydrogen) atoms. The highest BCUT2D eigenvalue weighted by molar-refractivity contribution is 7.99. The molecule has 0 bridgehead atoms. The summed E-state index contributed by atoms with van der Waals surface area (Å²) in [5.41, 5.74) is 5.41. The molecular formula is C13H23N3O2S. The van der Waals surface area contributed by atoms with Crippen LogP contribution >= 0.6 is 11.8 Å². The highest BCUT2D eigenvalue weighted by Crippen LogP contribution is 2.30. The quantitative estimate of drug-likeness (QED) is 0.723. The van der Waals surface area contributed by atoms with Crippen LogP contribution in [-0.2, 0) is 9.59 Å². The van der Waals surface area contributed by atoms with Crippen LogP contribution in [0.2, 0.25) is 0 Å². The van der Waals surface area contributed by atoms with E-state index in [1.165, 1.54) is 0 Å². The second-order valence-corrected chi connectivity index (χ2v) is 6.24. The second kappa shape index (κ2) is 7.14. The molecule has 1 saturated carbocycles. The average molecular weight is 285 g/mol. The first kappa shape index (κ1) is 14.7. The zero-order chi connectivity index (χ0) is 13.7. The van der Waals surface area contributed by atoms with Gasteiger partial charge in [0.25, 0.3) is 0 Å². The number of thioether (sulfide) groups is 1. The van der Waals surface area contributed by atoms with E-state index in [4.69, 9.17) is 5.73 Å². The molecule has 0 aromatic carbocycles. The molecule has 0 aromatic heterocycles. The lowest BCUT2D eigenvalue weighted by molar-refractivity contribution is -0.141. The van der Waals surface area contributed by atoms with E-state index >= 15 is 0 Å². The lowest BCUT2D eigenvalue weighted by Gasteiger charge is -2.25. The number of nitrogens with zero attached hydrogens (tertiary/aromatic N) is 1. The number of hydrogen-bond donors (Lipinski definition) is 2. The second-order valence-electron chi connectivity index (χ2n) is 5.24. The number of nitrogens with one attached hydrogen (secondary N) is 1. The summed E-state index contributed by atoms with van der Waals surface area (Å²) in [6.45, 7) is 1.17. The third-order valence-electron chi connectivity index (χ3n) is 3.85. The number of rotatable bonds is 5. The van der Waals surface area contributed by atoms with Crippen LogP contribution in [0.1, 0.15) is 32.1 Å². The summed E-state index contributed by atoms with van der Waals surface area (Å²) in [5.74, 6) is 1.68. The normalized spacial score (nSPS) is 23.8. The molecule has 1 unspecified atom stereocenters. The predicted octanol–water partition coefficient (Wildman–Crippen LogP) is 0.543. The van der Waals surface area contributed by atoms with Crippen molar-refractivity contribution in [1.82, 2.24) is 10.2 Å². The lowest BCUT2D eigenvalue weighted by atomic mass is 10.1. The van der Waals surface area contributed by atoms with Crippen LogP contribution in [0, 0.1) is 5.92 Å². The molecule has 5 nitrogen and oxygen atoms in total. The minimum atomic E-state index is -0.282. The zero-order valence-corrected chi connectivity index (χ0v) is 12.1. The maximum atomic E-state index is 12.4. The van der Waals surface area contributed by atoms with Gasteiger partial charge >= 0.3 is 0 Å². The first-order valence-corrected chi connectivity index (χ1v) is 8.25. The molecule has 2 aliphatic rings. The van der Waals surface area contributed by atoms with Crippen molar-refractivity contribution < 1.29 is 9.59 Å². The molecule has 1 aliphatic heterocycles. The maximum Gasteiger partial charge on any atom is 0.243 e. The van der Waals surface area contributed by atoms with Crippen LogP contribution in [0.3, 0.4) is 0 Å². The molecule has 1 heterocycles. The number of nitrogens with two attached hydrogens (primary N) is 1. The molecule has 108 valence electrons. The molecule has 0 radical (unpaired) electrons. The van der Waals surface area contributed by atoms with E-state index in [2.05, 4.69) is 5.32 Å². The van der Waals surface area contributed by atoms with Crippen molar-refractivity contribution >= 4 is 23.6 Å². The van der Waals surface area contributed by atoms with Crippen LogP contribution in [0.15, 0.2) is 0 Å². The van der Waals surface area contributed by atoms with Crippen molar-refractivity contribution in [2.24, 2.45) is 11.7 Å². The Labute approximate surface area is 118 Å². The molecule has 0 spiro atoms. The molecular weight excluding hydrogens is 262 g/mol. The Kier molecular flexibility index (Phi) is 5.51. The molecule has 0 aromatic rings. The number of hydrogen-bond acceptors (Lipinski definition) is 4. The molecule has 3 N–H and O–H groups in total. The molecule has 1 aliphatic carbocycles. The van der Waals surface area contributed by atoms with E-state index in [1.54, 1.807) is 16.7 Å². The van der Waals surface area contributed by atoms with Crippen molar-refractivity contribution in [3.05, 3.63) is 0 Å². The van der Waals surface area contributed by atoms with Crippen LogP contribution in [0.25, 0.3) is 0 Å². The Morgan fingerprint density at radius 2 is 2.05 bits per heavy atom. The Balaban J connectivity index is 1.88. The smallest absolute Gasteiger partial charge is 0.243 e. The molecule has 6 heteroatoms.